The van der Waals surface area contributed by atoms with E-state index in [9.17, 15) is 9.59 Å². The number of hydrogen-bond donors (Lipinski definition) is 1. The van der Waals surface area contributed by atoms with Gasteiger partial charge in [0, 0.05) is 6.08 Å². The van der Waals surface area contributed by atoms with Gasteiger partial charge in [0.1, 0.15) is 11.8 Å². The van der Waals surface area contributed by atoms with Crippen LogP contribution < -0.4 is 5.32 Å². The third-order valence-electron chi connectivity index (χ3n) is 1.91. The maximum absolute atomic E-state index is 11.4. The normalized spacial score (nSPS) is 12.4. The van der Waals surface area contributed by atoms with Gasteiger partial charge in [-0.2, -0.15) is 0 Å². The van der Waals surface area contributed by atoms with Gasteiger partial charge in [-0.05, 0) is 41.1 Å². The van der Waals surface area contributed by atoms with Crippen molar-refractivity contribution in [2.24, 2.45) is 0 Å². The number of rotatable bonds is 4. The molecular weight excluding hydrogens is 290 g/mol. The topological polar surface area (TPSA) is 68.5 Å². The first-order chi connectivity index (χ1) is 8.02. The highest BCUT2D eigenvalue weighted by Gasteiger charge is 2.13. The molecule has 0 unspecified atom stereocenters. The van der Waals surface area contributed by atoms with E-state index in [0.717, 1.165) is 0 Å². The lowest BCUT2D eigenvalue weighted by Crippen LogP contribution is -2.38. The van der Waals surface area contributed by atoms with Crippen LogP contribution in [0.25, 0.3) is 6.08 Å². The molecule has 0 radical (unpaired) electrons. The Morgan fingerprint density at radius 1 is 1.53 bits per heavy atom. The summed E-state index contributed by atoms with van der Waals surface area (Å²) >= 11 is 3.15. The van der Waals surface area contributed by atoms with E-state index >= 15 is 0 Å². The van der Waals surface area contributed by atoms with Gasteiger partial charge in [-0.3, -0.25) is 4.79 Å². The molecule has 1 atom stereocenters. The van der Waals surface area contributed by atoms with E-state index in [1.807, 2.05) is 0 Å². The van der Waals surface area contributed by atoms with Crippen LogP contribution in [0.3, 0.4) is 0 Å². The second-order valence-corrected chi connectivity index (χ2v) is 4.01. The molecule has 0 aliphatic carbocycles. The molecule has 1 amide bonds. The summed E-state index contributed by atoms with van der Waals surface area (Å²) in [7, 11) is 1.27. The number of hydrogen-bond acceptors (Lipinski definition) is 4. The Hall–Kier alpha value is -1.56. The van der Waals surface area contributed by atoms with Crippen molar-refractivity contribution in [2.75, 3.05) is 7.11 Å². The second kappa shape index (κ2) is 6.24. The molecule has 0 aliphatic rings. The van der Waals surface area contributed by atoms with Crippen molar-refractivity contribution in [2.45, 2.75) is 13.0 Å². The van der Waals surface area contributed by atoms with Crippen LogP contribution in [-0.4, -0.2) is 25.0 Å². The third kappa shape index (κ3) is 4.44. The van der Waals surface area contributed by atoms with Crippen LogP contribution in [0.15, 0.2) is 27.3 Å². The Morgan fingerprint density at radius 2 is 2.24 bits per heavy atom. The molecule has 0 saturated heterocycles. The lowest BCUT2D eigenvalue weighted by molar-refractivity contribution is -0.144. The molecule has 0 aliphatic heterocycles. The van der Waals surface area contributed by atoms with Crippen molar-refractivity contribution in [3.63, 3.8) is 0 Å². The van der Waals surface area contributed by atoms with E-state index in [1.54, 1.807) is 19.1 Å². The second-order valence-electron chi connectivity index (χ2n) is 3.23. The predicted molar refractivity (Wildman–Crippen MR) is 65.1 cm³/mol. The van der Waals surface area contributed by atoms with Crippen molar-refractivity contribution < 1.29 is 18.7 Å². The smallest absolute Gasteiger partial charge is 0.328 e. The summed E-state index contributed by atoms with van der Waals surface area (Å²) in [4.78, 5) is 22.4. The lowest BCUT2D eigenvalue weighted by Gasteiger charge is -2.08. The first kappa shape index (κ1) is 13.5. The largest absolute Gasteiger partial charge is 0.467 e. The number of ether oxygens (including phenoxy) is 1. The highest BCUT2D eigenvalue weighted by atomic mass is 79.9. The Balaban J connectivity index is 2.50. The maximum Gasteiger partial charge on any atom is 0.328 e. The summed E-state index contributed by atoms with van der Waals surface area (Å²) in [6, 6.07) is 2.74. The van der Waals surface area contributed by atoms with Gasteiger partial charge in [-0.25, -0.2) is 4.79 Å². The quantitative estimate of drug-likeness (QED) is 0.679. The summed E-state index contributed by atoms with van der Waals surface area (Å²) in [6.45, 7) is 1.54. The number of furan rings is 1. The summed E-state index contributed by atoms with van der Waals surface area (Å²) in [5.41, 5.74) is 0. The molecule has 92 valence electrons. The lowest BCUT2D eigenvalue weighted by atomic mass is 10.3. The molecule has 0 bridgehead atoms. The van der Waals surface area contributed by atoms with Gasteiger partial charge < -0.3 is 14.5 Å². The van der Waals surface area contributed by atoms with Crippen LogP contribution in [0.2, 0.25) is 0 Å². The number of amides is 1. The Kier molecular flexibility index (Phi) is 4.96. The minimum atomic E-state index is -0.680. The first-order valence-electron chi connectivity index (χ1n) is 4.84. The monoisotopic (exact) mass is 301 g/mol. The summed E-state index contributed by atoms with van der Waals surface area (Å²) in [5, 5.41) is 2.45. The molecule has 1 aromatic rings. The number of carbonyl (C=O) groups excluding carboxylic acids is 2. The van der Waals surface area contributed by atoms with E-state index in [-0.39, 0.29) is 0 Å². The summed E-state index contributed by atoms with van der Waals surface area (Å²) < 4.78 is 10.2. The molecule has 1 heterocycles. The fourth-order valence-corrected chi connectivity index (χ4v) is 1.39. The molecule has 0 fully saturated rings. The van der Waals surface area contributed by atoms with Crippen molar-refractivity contribution in [1.29, 1.82) is 0 Å². The Bertz CT molecular complexity index is 438. The van der Waals surface area contributed by atoms with E-state index in [2.05, 4.69) is 26.0 Å². The molecule has 6 heteroatoms. The Labute approximate surface area is 107 Å². The van der Waals surface area contributed by atoms with Crippen LogP contribution in [0.1, 0.15) is 12.7 Å². The zero-order chi connectivity index (χ0) is 12.8. The van der Waals surface area contributed by atoms with Crippen molar-refractivity contribution >= 4 is 33.9 Å². The van der Waals surface area contributed by atoms with Crippen LogP contribution in [0.5, 0.6) is 0 Å². The van der Waals surface area contributed by atoms with Crippen LogP contribution in [0.4, 0.5) is 0 Å². The maximum atomic E-state index is 11.4. The minimum absolute atomic E-state index is 0.393. The van der Waals surface area contributed by atoms with Gasteiger partial charge in [-0.15, -0.1) is 0 Å². The van der Waals surface area contributed by atoms with E-state index < -0.39 is 17.9 Å². The highest BCUT2D eigenvalue weighted by Crippen LogP contribution is 2.14. The van der Waals surface area contributed by atoms with Crippen molar-refractivity contribution in [3.05, 3.63) is 28.6 Å². The van der Waals surface area contributed by atoms with Gasteiger partial charge in [0.15, 0.2) is 4.67 Å². The average Bonchev–Trinajstić information content (AvgIpc) is 2.71. The number of methoxy groups -OCH3 is 1. The molecule has 1 N–H and O–H groups in total. The zero-order valence-electron chi connectivity index (χ0n) is 9.40. The fourth-order valence-electron chi connectivity index (χ4n) is 1.07. The highest BCUT2D eigenvalue weighted by molar-refractivity contribution is 9.10. The number of nitrogens with one attached hydrogen (secondary N) is 1. The van der Waals surface area contributed by atoms with Gasteiger partial charge in [0.05, 0.1) is 7.11 Å². The molecule has 0 spiro atoms. The number of halogens is 1. The van der Waals surface area contributed by atoms with E-state index in [0.29, 0.717) is 10.4 Å². The van der Waals surface area contributed by atoms with Crippen LogP contribution in [-0.2, 0) is 14.3 Å². The standard InChI is InChI=1S/C11H12BrNO4/c1-7(11(15)16-2)13-10(14)6-4-8-3-5-9(12)17-8/h3-7H,1-2H3,(H,13,14)/b6-4+/t7-/m1/s1. The van der Waals surface area contributed by atoms with Gasteiger partial charge in [0.2, 0.25) is 5.91 Å². The van der Waals surface area contributed by atoms with E-state index in [1.165, 1.54) is 19.3 Å². The molecule has 17 heavy (non-hydrogen) atoms. The van der Waals surface area contributed by atoms with Crippen molar-refractivity contribution in [1.82, 2.24) is 5.32 Å². The first-order valence-corrected chi connectivity index (χ1v) is 5.64. The van der Waals surface area contributed by atoms with Gasteiger partial charge >= 0.3 is 5.97 Å². The summed E-state index contributed by atoms with van der Waals surface area (Å²) in [6.07, 6.45) is 2.79. The third-order valence-corrected chi connectivity index (χ3v) is 2.33. The Morgan fingerprint density at radius 3 is 2.76 bits per heavy atom. The minimum Gasteiger partial charge on any atom is -0.467 e. The van der Waals surface area contributed by atoms with Gasteiger partial charge in [0.25, 0.3) is 0 Å². The molecular formula is C11H12BrNO4. The number of carbonyl (C=O) groups is 2. The number of esters is 1. The zero-order valence-corrected chi connectivity index (χ0v) is 11.0. The van der Waals surface area contributed by atoms with Crippen molar-refractivity contribution in [3.8, 4) is 0 Å². The van der Waals surface area contributed by atoms with Crippen LogP contribution in [0, 0.1) is 0 Å². The molecule has 5 nitrogen and oxygen atoms in total. The van der Waals surface area contributed by atoms with Crippen LogP contribution >= 0.6 is 15.9 Å². The summed E-state index contributed by atoms with van der Waals surface area (Å²) in [5.74, 6) is -0.347. The van der Waals surface area contributed by atoms with Gasteiger partial charge in [-0.1, -0.05) is 0 Å². The molecule has 0 saturated carbocycles. The molecule has 0 aromatic carbocycles. The SMILES string of the molecule is COC(=O)[C@@H](C)NC(=O)/C=C/c1ccc(Br)o1. The molecule has 1 rings (SSSR count). The average molecular weight is 302 g/mol. The predicted octanol–water partition coefficient (Wildman–Crippen LogP) is 1.73. The fraction of sp³-hybridized carbons (Fsp3) is 0.273. The van der Waals surface area contributed by atoms with E-state index in [4.69, 9.17) is 4.42 Å². The molecule has 1 aromatic heterocycles.